The quantitative estimate of drug-likeness (QED) is 0.0919. The lowest BCUT2D eigenvalue weighted by atomic mass is 9.95. The van der Waals surface area contributed by atoms with Crippen LogP contribution in [0.15, 0.2) is 146 Å². The molecule has 2 atom stereocenters. The van der Waals surface area contributed by atoms with Gasteiger partial charge in [0.05, 0.1) is 0 Å². The Hall–Kier alpha value is -7.04. The van der Waals surface area contributed by atoms with Gasteiger partial charge in [-0.25, -0.2) is 0 Å². The van der Waals surface area contributed by atoms with E-state index in [0.29, 0.717) is 35.5 Å². The van der Waals surface area contributed by atoms with E-state index >= 15 is 0 Å². The number of fused-ring (bicyclic) bond motifs is 12. The third-order valence-electron chi connectivity index (χ3n) is 19.0. The van der Waals surface area contributed by atoms with Gasteiger partial charge in [0.2, 0.25) is 0 Å². The van der Waals surface area contributed by atoms with Gasteiger partial charge in [-0.2, -0.15) is 0 Å². The fraction of sp³-hybridized carbons (Fsp3) is 0.415. The highest BCUT2D eigenvalue weighted by Gasteiger charge is 2.16. The molecular weight excluding hydrogens is 1040 g/mol. The number of hydrogen-bond acceptors (Lipinski definition) is 0. The predicted molar refractivity (Wildman–Crippen MR) is 382 cm³/mol. The molecule has 0 aliphatic rings. The molecule has 0 saturated carbocycles. The Kier molecular flexibility index (Phi) is 20.5. The standard InChI is InChI=1S/3C21H27N.C19H23N/c1-14(2)10-16-6-8-20-18(12-16)19-13-17(11-15(3)4)7-9-21(19)22(20)5;1-6-14(3)16-8-10-20-18(12-16)19-13-17(15(4)7-2)9-11-21(19)22(20)5;1-4-6-8-16-10-12-20-18(14-16)19-15-17(9-7-5-2)11-13-21(19)22(20)3;1-12(2)14-6-8-18-16(10-14)17-11-15(13(3)4)7-9-19(17)20(18)5/h6-9,12-15H,10-11H2,1-5H3;8-15H,6-7H2,1-5H3;10-15H,4-9H2,1-3H3;6-13H,1-5H3. The number of rotatable bonds is 16. The molecule has 0 saturated heterocycles. The fourth-order valence-electron chi connectivity index (χ4n) is 13.2. The highest BCUT2D eigenvalue weighted by Crippen LogP contribution is 2.37. The molecule has 0 N–H and O–H groups in total. The van der Waals surface area contributed by atoms with E-state index < -0.39 is 0 Å². The molecule has 0 radical (unpaired) electrons. The number of unbranched alkanes of at least 4 members (excludes halogenated alkanes) is 2. The summed E-state index contributed by atoms with van der Waals surface area (Å²) in [6, 6.07) is 55.7. The van der Waals surface area contributed by atoms with Crippen LogP contribution in [0, 0.1) is 11.8 Å². The van der Waals surface area contributed by atoms with Crippen LogP contribution in [0.2, 0.25) is 0 Å². The van der Waals surface area contributed by atoms with E-state index in [1.165, 1.54) is 183 Å². The van der Waals surface area contributed by atoms with Crippen LogP contribution < -0.4 is 0 Å². The number of aryl methyl sites for hydroxylation is 6. The molecule has 4 heteroatoms. The average Bonchev–Trinajstić information content (AvgIpc) is 1.93. The van der Waals surface area contributed by atoms with Crippen LogP contribution in [0.4, 0.5) is 0 Å². The summed E-state index contributed by atoms with van der Waals surface area (Å²) in [7, 11) is 8.70. The first-order valence-electron chi connectivity index (χ1n) is 33.3. The van der Waals surface area contributed by atoms with Crippen LogP contribution in [0.25, 0.3) is 87.2 Å². The van der Waals surface area contributed by atoms with Gasteiger partial charge in [0.1, 0.15) is 0 Å². The van der Waals surface area contributed by atoms with Crippen LogP contribution >= 0.6 is 0 Å². The fourth-order valence-corrected chi connectivity index (χ4v) is 13.2. The molecule has 2 unspecified atom stereocenters. The maximum atomic E-state index is 2.41. The first-order valence-corrected chi connectivity index (χ1v) is 33.3. The Morgan fingerprint density at radius 1 is 0.279 bits per heavy atom. The van der Waals surface area contributed by atoms with Crippen molar-refractivity contribution in [1.82, 2.24) is 18.3 Å². The number of benzene rings is 8. The molecule has 4 aromatic heterocycles. The minimum absolute atomic E-state index is 0.572. The van der Waals surface area contributed by atoms with Gasteiger partial charge in [0.25, 0.3) is 0 Å². The maximum Gasteiger partial charge on any atom is 0.0488 e. The van der Waals surface area contributed by atoms with Crippen LogP contribution in [0.3, 0.4) is 0 Å². The largest absolute Gasteiger partial charge is 0.344 e. The average molecular weight is 1150 g/mol. The first kappa shape index (κ1) is 63.5. The molecule has 0 aliphatic heterocycles. The second kappa shape index (κ2) is 27.8. The Morgan fingerprint density at radius 3 is 0.767 bits per heavy atom. The highest BCUT2D eigenvalue weighted by molar-refractivity contribution is 6.11. The van der Waals surface area contributed by atoms with Crippen molar-refractivity contribution in [3.63, 3.8) is 0 Å². The van der Waals surface area contributed by atoms with Crippen LogP contribution in [0.1, 0.15) is 204 Å². The van der Waals surface area contributed by atoms with Gasteiger partial charge in [-0.3, -0.25) is 0 Å². The Balaban J connectivity index is 0.000000137. The zero-order chi connectivity index (χ0) is 61.7. The third kappa shape index (κ3) is 13.6. The van der Waals surface area contributed by atoms with Gasteiger partial charge in [-0.05, 0) is 228 Å². The second-order valence-electron chi connectivity index (χ2n) is 27.1. The van der Waals surface area contributed by atoms with E-state index in [2.05, 4.69) is 289 Å². The topological polar surface area (TPSA) is 19.7 Å². The van der Waals surface area contributed by atoms with Crippen molar-refractivity contribution in [2.75, 3.05) is 0 Å². The summed E-state index contributed by atoms with van der Waals surface area (Å²) in [5, 5.41) is 11.2. The van der Waals surface area contributed by atoms with E-state index in [1.807, 2.05) is 0 Å². The summed E-state index contributed by atoms with van der Waals surface area (Å²) in [6.45, 7) is 31.8. The van der Waals surface area contributed by atoms with Gasteiger partial charge in [-0.1, -0.05) is 158 Å². The smallest absolute Gasteiger partial charge is 0.0488 e. The summed E-state index contributed by atoms with van der Waals surface area (Å²) in [5.74, 6) is 3.79. The van der Waals surface area contributed by atoms with E-state index in [4.69, 9.17) is 0 Å². The molecule has 0 spiro atoms. The van der Waals surface area contributed by atoms with E-state index in [-0.39, 0.29) is 0 Å². The Labute approximate surface area is 517 Å². The van der Waals surface area contributed by atoms with Crippen molar-refractivity contribution in [2.24, 2.45) is 40.0 Å². The van der Waals surface area contributed by atoms with Crippen LogP contribution in [-0.4, -0.2) is 18.3 Å². The van der Waals surface area contributed by atoms with Crippen LogP contribution in [0.5, 0.6) is 0 Å². The zero-order valence-electron chi connectivity index (χ0n) is 56.2. The molecule has 4 nitrogen and oxygen atoms in total. The molecule has 86 heavy (non-hydrogen) atoms. The third-order valence-corrected chi connectivity index (χ3v) is 19.0. The molecule has 0 bridgehead atoms. The van der Waals surface area contributed by atoms with Gasteiger partial charge in [0.15, 0.2) is 0 Å². The lowest BCUT2D eigenvalue weighted by molar-refractivity contribution is 0.647. The predicted octanol–water partition coefficient (Wildman–Crippen LogP) is 23.7. The SMILES string of the molecule is CC(C)Cc1ccc2c(c1)c1cc(CC(C)C)ccc1n2C.CC(C)c1ccc2c(c1)c1cc(C(C)C)ccc1n2C.CCC(C)c1ccc2c(c1)c1cc(C(C)CC)ccc1n2C.CCCCc1ccc2c(c1)c1cc(CCCC)ccc1n2C. The lowest BCUT2D eigenvalue weighted by Crippen LogP contribution is -1.93. The summed E-state index contributed by atoms with van der Waals surface area (Å²) < 4.78 is 9.28. The number of aromatic nitrogens is 4. The summed E-state index contributed by atoms with van der Waals surface area (Å²) >= 11 is 0. The number of hydrogen-bond donors (Lipinski definition) is 0. The lowest BCUT2D eigenvalue weighted by Gasteiger charge is -2.10. The second-order valence-corrected chi connectivity index (χ2v) is 27.1. The van der Waals surface area contributed by atoms with Gasteiger partial charge >= 0.3 is 0 Å². The first-order chi connectivity index (χ1) is 41.2. The van der Waals surface area contributed by atoms with Crippen molar-refractivity contribution in [3.8, 4) is 0 Å². The zero-order valence-corrected chi connectivity index (χ0v) is 56.2. The molecule has 0 amide bonds. The molecule has 12 aromatic rings. The Morgan fingerprint density at radius 2 is 0.512 bits per heavy atom. The normalized spacial score (nSPS) is 12.6. The van der Waals surface area contributed by atoms with Crippen molar-refractivity contribution < 1.29 is 0 Å². The summed E-state index contributed by atoms with van der Waals surface area (Å²) in [5.41, 5.74) is 22.3. The Bertz CT molecular complexity index is 4010. The molecule has 452 valence electrons. The van der Waals surface area contributed by atoms with Crippen molar-refractivity contribution in [1.29, 1.82) is 0 Å². The summed E-state index contributed by atoms with van der Waals surface area (Å²) in [4.78, 5) is 0. The minimum Gasteiger partial charge on any atom is -0.344 e. The monoisotopic (exact) mass is 1140 g/mol. The van der Waals surface area contributed by atoms with E-state index in [9.17, 15) is 0 Å². The molecule has 0 aliphatic carbocycles. The molecular formula is C82H104N4. The van der Waals surface area contributed by atoms with Crippen molar-refractivity contribution in [2.45, 2.75) is 185 Å². The highest BCUT2D eigenvalue weighted by atomic mass is 15.0. The molecule has 8 aromatic carbocycles. The minimum atomic E-state index is 0.572. The number of nitrogens with zero attached hydrogens (tertiary/aromatic N) is 4. The van der Waals surface area contributed by atoms with Gasteiger partial charge < -0.3 is 18.3 Å². The van der Waals surface area contributed by atoms with Crippen LogP contribution in [-0.2, 0) is 53.9 Å². The molecule has 4 heterocycles. The van der Waals surface area contributed by atoms with Crippen molar-refractivity contribution in [3.05, 3.63) is 190 Å². The molecule has 0 fully saturated rings. The molecule has 12 rings (SSSR count). The van der Waals surface area contributed by atoms with E-state index in [1.54, 1.807) is 0 Å². The van der Waals surface area contributed by atoms with Gasteiger partial charge in [0, 0.05) is 115 Å². The maximum absolute atomic E-state index is 2.41. The summed E-state index contributed by atoms with van der Waals surface area (Å²) in [6.07, 6.45) is 12.1. The van der Waals surface area contributed by atoms with E-state index in [0.717, 1.165) is 12.8 Å². The van der Waals surface area contributed by atoms with Gasteiger partial charge in [-0.15, -0.1) is 0 Å². The van der Waals surface area contributed by atoms with Crippen molar-refractivity contribution >= 4 is 87.2 Å².